The molecule has 3 rings (SSSR count). The molecule has 0 atom stereocenters. The number of anilines is 1. The first-order chi connectivity index (χ1) is 15.7. The summed E-state index contributed by atoms with van der Waals surface area (Å²) in [5.41, 5.74) is 1.09. The predicted octanol–water partition coefficient (Wildman–Crippen LogP) is 2.94. The molecule has 33 heavy (non-hydrogen) atoms. The van der Waals surface area contributed by atoms with Crippen molar-refractivity contribution in [3.63, 3.8) is 0 Å². The minimum Gasteiger partial charge on any atom is -0.494 e. The summed E-state index contributed by atoms with van der Waals surface area (Å²) in [4.78, 5) is 14.5. The summed E-state index contributed by atoms with van der Waals surface area (Å²) in [5, 5.41) is 2.75. The fraction of sp³-hybridized carbons (Fsp3) is 0.409. The van der Waals surface area contributed by atoms with Crippen LogP contribution in [0.5, 0.6) is 11.5 Å². The molecule has 11 heteroatoms. The SMILES string of the molecule is CCOc1ccc(S(=O)(=O)N2CCN(CC(=O)Nc3ccc(OC(F)F)cc3C)CC2)cc1. The minimum atomic E-state index is -3.63. The second-order valence-electron chi connectivity index (χ2n) is 7.49. The highest BCUT2D eigenvalue weighted by atomic mass is 32.2. The van der Waals surface area contributed by atoms with Crippen molar-refractivity contribution in [1.29, 1.82) is 0 Å². The number of aryl methyl sites for hydroxylation is 1. The molecule has 1 N–H and O–H groups in total. The Morgan fingerprint density at radius 2 is 1.70 bits per heavy atom. The highest BCUT2D eigenvalue weighted by Crippen LogP contribution is 2.23. The van der Waals surface area contributed by atoms with Gasteiger partial charge in [-0.15, -0.1) is 0 Å². The van der Waals surface area contributed by atoms with Crippen LogP contribution in [0.2, 0.25) is 0 Å². The molecule has 2 aromatic carbocycles. The lowest BCUT2D eigenvalue weighted by Crippen LogP contribution is -2.50. The predicted molar refractivity (Wildman–Crippen MR) is 119 cm³/mol. The fourth-order valence-corrected chi connectivity index (χ4v) is 4.92. The molecule has 0 saturated carbocycles. The average Bonchev–Trinajstić information content (AvgIpc) is 2.76. The van der Waals surface area contributed by atoms with Gasteiger partial charge < -0.3 is 14.8 Å². The number of sulfonamides is 1. The van der Waals surface area contributed by atoms with E-state index < -0.39 is 16.6 Å². The van der Waals surface area contributed by atoms with E-state index >= 15 is 0 Å². The van der Waals surface area contributed by atoms with E-state index in [0.717, 1.165) is 0 Å². The third-order valence-corrected chi connectivity index (χ3v) is 7.08. The number of benzene rings is 2. The van der Waals surface area contributed by atoms with Gasteiger partial charge in [0, 0.05) is 31.9 Å². The van der Waals surface area contributed by atoms with Gasteiger partial charge in [-0.25, -0.2) is 8.42 Å². The quantitative estimate of drug-likeness (QED) is 0.590. The van der Waals surface area contributed by atoms with Crippen LogP contribution in [0.1, 0.15) is 12.5 Å². The van der Waals surface area contributed by atoms with Crippen LogP contribution in [-0.4, -0.2) is 69.5 Å². The van der Waals surface area contributed by atoms with Crippen molar-refractivity contribution in [2.45, 2.75) is 25.4 Å². The summed E-state index contributed by atoms with van der Waals surface area (Å²) in [7, 11) is -3.63. The van der Waals surface area contributed by atoms with Crippen LogP contribution in [0.3, 0.4) is 0 Å². The lowest BCUT2D eigenvalue weighted by molar-refractivity contribution is -0.117. The number of nitrogens with one attached hydrogen (secondary N) is 1. The topological polar surface area (TPSA) is 88.2 Å². The van der Waals surface area contributed by atoms with E-state index in [1.165, 1.54) is 34.6 Å². The van der Waals surface area contributed by atoms with E-state index in [9.17, 15) is 22.0 Å². The van der Waals surface area contributed by atoms with Gasteiger partial charge in [-0.05, 0) is 61.9 Å². The van der Waals surface area contributed by atoms with Crippen LogP contribution in [0, 0.1) is 6.92 Å². The van der Waals surface area contributed by atoms with E-state index in [4.69, 9.17) is 4.74 Å². The van der Waals surface area contributed by atoms with Crippen LogP contribution < -0.4 is 14.8 Å². The highest BCUT2D eigenvalue weighted by molar-refractivity contribution is 7.89. The van der Waals surface area contributed by atoms with Crippen molar-refractivity contribution in [3.05, 3.63) is 48.0 Å². The summed E-state index contributed by atoms with van der Waals surface area (Å²) in [6, 6.07) is 10.6. The molecule has 8 nitrogen and oxygen atoms in total. The van der Waals surface area contributed by atoms with Gasteiger partial charge in [0.1, 0.15) is 11.5 Å². The number of alkyl halides is 2. The highest BCUT2D eigenvalue weighted by Gasteiger charge is 2.29. The molecule has 0 unspecified atom stereocenters. The largest absolute Gasteiger partial charge is 0.494 e. The van der Waals surface area contributed by atoms with Gasteiger partial charge in [-0.2, -0.15) is 13.1 Å². The number of carbonyl (C=O) groups excluding carboxylic acids is 1. The van der Waals surface area contributed by atoms with E-state index in [2.05, 4.69) is 10.1 Å². The second kappa shape index (κ2) is 10.9. The number of halogens is 2. The molecule has 2 aromatic rings. The molecule has 0 bridgehead atoms. The Morgan fingerprint density at radius 3 is 2.27 bits per heavy atom. The van der Waals surface area contributed by atoms with Crippen molar-refractivity contribution in [2.24, 2.45) is 0 Å². The van der Waals surface area contributed by atoms with Crippen LogP contribution in [0.25, 0.3) is 0 Å². The van der Waals surface area contributed by atoms with E-state index in [1.807, 2.05) is 11.8 Å². The Morgan fingerprint density at radius 1 is 1.06 bits per heavy atom. The van der Waals surface area contributed by atoms with Crippen LogP contribution in [0.15, 0.2) is 47.4 Å². The summed E-state index contributed by atoms with van der Waals surface area (Å²) in [6.45, 7) is 2.55. The van der Waals surface area contributed by atoms with Gasteiger partial charge in [-0.1, -0.05) is 0 Å². The Kier molecular flexibility index (Phi) is 8.22. The molecule has 180 valence electrons. The minimum absolute atomic E-state index is 0.0189. The molecule has 1 saturated heterocycles. The molecule has 0 aromatic heterocycles. The second-order valence-corrected chi connectivity index (χ2v) is 9.43. The lowest BCUT2D eigenvalue weighted by atomic mass is 10.2. The monoisotopic (exact) mass is 483 g/mol. The van der Waals surface area contributed by atoms with Gasteiger partial charge in [0.25, 0.3) is 0 Å². The zero-order valence-corrected chi connectivity index (χ0v) is 19.3. The number of nitrogens with zero attached hydrogens (tertiary/aromatic N) is 2. The zero-order chi connectivity index (χ0) is 24.0. The van der Waals surface area contributed by atoms with Gasteiger partial charge in [-0.3, -0.25) is 9.69 Å². The Labute approximate surface area is 192 Å². The molecular formula is C22H27F2N3O5S. The smallest absolute Gasteiger partial charge is 0.387 e. The number of ether oxygens (including phenoxy) is 2. The average molecular weight is 484 g/mol. The van der Waals surface area contributed by atoms with Crippen LogP contribution in [0.4, 0.5) is 14.5 Å². The standard InChI is InChI=1S/C22H27F2N3O5S/c1-3-31-17-4-7-19(8-5-17)33(29,30)27-12-10-26(11-13-27)15-21(28)25-20-9-6-18(14-16(20)2)32-22(23)24/h4-9,14,22H,3,10-13,15H2,1-2H3,(H,25,28). The number of piperazine rings is 1. The summed E-state index contributed by atoms with van der Waals surface area (Å²) >= 11 is 0. The Balaban J connectivity index is 1.52. The van der Waals surface area contributed by atoms with E-state index in [1.54, 1.807) is 19.1 Å². The molecule has 1 heterocycles. The first kappa shape index (κ1) is 24.9. The first-order valence-electron chi connectivity index (χ1n) is 10.5. The molecule has 0 spiro atoms. The maximum Gasteiger partial charge on any atom is 0.387 e. The molecule has 1 aliphatic heterocycles. The number of rotatable bonds is 9. The van der Waals surface area contributed by atoms with E-state index in [-0.39, 0.29) is 36.2 Å². The molecule has 1 fully saturated rings. The maximum absolute atomic E-state index is 12.9. The summed E-state index contributed by atoms with van der Waals surface area (Å²) in [5.74, 6) is 0.354. The zero-order valence-electron chi connectivity index (χ0n) is 18.5. The molecular weight excluding hydrogens is 456 g/mol. The molecule has 1 aliphatic rings. The normalized spacial score (nSPS) is 15.4. The van der Waals surface area contributed by atoms with Gasteiger partial charge in [0.2, 0.25) is 15.9 Å². The fourth-order valence-electron chi connectivity index (χ4n) is 3.50. The van der Waals surface area contributed by atoms with Gasteiger partial charge in [0.15, 0.2) is 0 Å². The third kappa shape index (κ3) is 6.62. The van der Waals surface area contributed by atoms with Crippen molar-refractivity contribution in [1.82, 2.24) is 9.21 Å². The number of hydrogen-bond acceptors (Lipinski definition) is 6. The number of carbonyl (C=O) groups is 1. The lowest BCUT2D eigenvalue weighted by Gasteiger charge is -2.33. The summed E-state index contributed by atoms with van der Waals surface area (Å²) in [6.07, 6.45) is 0. The molecule has 0 radical (unpaired) electrons. The van der Waals surface area contributed by atoms with Crippen molar-refractivity contribution >= 4 is 21.6 Å². The molecule has 0 aliphatic carbocycles. The van der Waals surface area contributed by atoms with Crippen molar-refractivity contribution in [2.75, 3.05) is 44.6 Å². The van der Waals surface area contributed by atoms with Crippen molar-refractivity contribution in [3.8, 4) is 11.5 Å². The number of amides is 1. The maximum atomic E-state index is 12.9. The third-order valence-electron chi connectivity index (χ3n) is 5.17. The summed E-state index contributed by atoms with van der Waals surface area (Å²) < 4.78 is 61.5. The van der Waals surface area contributed by atoms with Crippen LogP contribution in [-0.2, 0) is 14.8 Å². The molecule has 1 amide bonds. The van der Waals surface area contributed by atoms with Crippen molar-refractivity contribution < 1.29 is 31.5 Å². The van der Waals surface area contributed by atoms with Gasteiger partial charge >= 0.3 is 6.61 Å². The Hall–Kier alpha value is -2.76. The Bertz CT molecular complexity index is 1060. The number of hydrogen-bond donors (Lipinski definition) is 1. The first-order valence-corrected chi connectivity index (χ1v) is 11.9. The van der Waals surface area contributed by atoms with E-state index in [0.29, 0.717) is 36.7 Å². The van der Waals surface area contributed by atoms with Crippen LogP contribution >= 0.6 is 0 Å². The van der Waals surface area contributed by atoms with Gasteiger partial charge in [0.05, 0.1) is 18.0 Å².